The van der Waals surface area contributed by atoms with E-state index in [9.17, 15) is 9.59 Å². The molecule has 1 aliphatic rings. The Morgan fingerprint density at radius 3 is 2.81 bits per heavy atom. The minimum Gasteiger partial charge on any atom is -0.353 e. The lowest BCUT2D eigenvalue weighted by Crippen LogP contribution is -2.33. The Morgan fingerprint density at radius 1 is 1.56 bits per heavy atom. The van der Waals surface area contributed by atoms with Gasteiger partial charge in [0.1, 0.15) is 6.23 Å². The monoisotopic (exact) mass is 225 g/mol. The summed E-state index contributed by atoms with van der Waals surface area (Å²) in [5.74, 6) is 0. The number of hydrogen-bond acceptors (Lipinski definition) is 4. The standard InChI is InChI=1S/C10H15N3O3/c1-5-4-13(10(15)12-9(5)14)8-3-7(11)6(2)16-8/h4,6-8H,3,11H2,1-2H3,(H,12,14,15). The lowest BCUT2D eigenvalue weighted by molar-refractivity contribution is 0.00598. The summed E-state index contributed by atoms with van der Waals surface area (Å²) < 4.78 is 6.94. The number of hydrogen-bond donors (Lipinski definition) is 2. The van der Waals surface area contributed by atoms with E-state index in [0.29, 0.717) is 12.0 Å². The molecule has 1 aromatic rings. The summed E-state index contributed by atoms with van der Waals surface area (Å²) in [5, 5.41) is 0. The number of ether oxygens (including phenoxy) is 1. The normalized spacial score (nSPS) is 29.6. The molecule has 0 bridgehead atoms. The molecular weight excluding hydrogens is 210 g/mol. The molecule has 2 heterocycles. The van der Waals surface area contributed by atoms with Crippen LogP contribution in [0.4, 0.5) is 0 Å². The molecule has 88 valence electrons. The van der Waals surface area contributed by atoms with E-state index in [1.807, 2.05) is 6.92 Å². The molecule has 6 heteroatoms. The van der Waals surface area contributed by atoms with Crippen molar-refractivity contribution >= 4 is 0 Å². The number of nitrogens with two attached hydrogens (primary N) is 1. The first-order valence-electron chi connectivity index (χ1n) is 5.22. The largest absolute Gasteiger partial charge is 0.353 e. The summed E-state index contributed by atoms with van der Waals surface area (Å²) in [6, 6.07) is -0.0795. The van der Waals surface area contributed by atoms with Gasteiger partial charge in [-0.2, -0.15) is 0 Å². The van der Waals surface area contributed by atoms with E-state index in [1.54, 1.807) is 6.92 Å². The van der Waals surface area contributed by atoms with Crippen molar-refractivity contribution in [3.63, 3.8) is 0 Å². The molecule has 0 saturated carbocycles. The average molecular weight is 225 g/mol. The van der Waals surface area contributed by atoms with Crippen LogP contribution in [-0.4, -0.2) is 21.7 Å². The van der Waals surface area contributed by atoms with Gasteiger partial charge in [-0.15, -0.1) is 0 Å². The molecule has 1 saturated heterocycles. The Bertz CT molecular complexity index is 495. The summed E-state index contributed by atoms with van der Waals surface area (Å²) in [7, 11) is 0. The maximum Gasteiger partial charge on any atom is 0.330 e. The second kappa shape index (κ2) is 3.88. The van der Waals surface area contributed by atoms with E-state index in [-0.39, 0.29) is 23.9 Å². The fraction of sp³-hybridized carbons (Fsp3) is 0.600. The van der Waals surface area contributed by atoms with Crippen molar-refractivity contribution in [1.29, 1.82) is 0 Å². The number of nitrogens with zero attached hydrogens (tertiary/aromatic N) is 1. The zero-order valence-electron chi connectivity index (χ0n) is 9.27. The third kappa shape index (κ3) is 1.81. The molecule has 3 unspecified atom stereocenters. The summed E-state index contributed by atoms with van der Waals surface area (Å²) in [6.45, 7) is 3.52. The van der Waals surface area contributed by atoms with Crippen molar-refractivity contribution < 1.29 is 4.74 Å². The minimum atomic E-state index is -0.457. The molecule has 0 amide bonds. The highest BCUT2D eigenvalue weighted by molar-refractivity contribution is 5.02. The molecule has 16 heavy (non-hydrogen) atoms. The fourth-order valence-electron chi connectivity index (χ4n) is 1.81. The molecule has 0 aliphatic carbocycles. The van der Waals surface area contributed by atoms with Crippen LogP contribution in [0.5, 0.6) is 0 Å². The number of aromatic nitrogens is 2. The van der Waals surface area contributed by atoms with E-state index in [1.165, 1.54) is 10.8 Å². The Balaban J connectivity index is 2.39. The van der Waals surface area contributed by atoms with Gasteiger partial charge in [0.2, 0.25) is 0 Å². The number of H-pyrrole nitrogens is 1. The zero-order valence-corrected chi connectivity index (χ0v) is 9.27. The first-order chi connectivity index (χ1) is 7.49. The number of nitrogens with one attached hydrogen (secondary N) is 1. The molecule has 2 rings (SSSR count). The number of aryl methyl sites for hydroxylation is 1. The molecular formula is C10H15N3O3. The summed E-state index contributed by atoms with van der Waals surface area (Å²) in [4.78, 5) is 25.0. The third-order valence-electron chi connectivity index (χ3n) is 2.90. The van der Waals surface area contributed by atoms with Gasteiger partial charge in [0.05, 0.1) is 6.10 Å². The average Bonchev–Trinajstić information content (AvgIpc) is 2.53. The summed E-state index contributed by atoms with van der Waals surface area (Å²) in [6.07, 6.45) is 1.63. The lowest BCUT2D eigenvalue weighted by atomic mass is 10.2. The van der Waals surface area contributed by atoms with Crippen LogP contribution in [0, 0.1) is 6.92 Å². The van der Waals surface area contributed by atoms with Crippen LogP contribution in [0.15, 0.2) is 15.8 Å². The van der Waals surface area contributed by atoms with Crippen LogP contribution in [-0.2, 0) is 4.74 Å². The van der Waals surface area contributed by atoms with Crippen molar-refractivity contribution in [2.45, 2.75) is 38.6 Å². The van der Waals surface area contributed by atoms with Crippen LogP contribution in [0.25, 0.3) is 0 Å². The van der Waals surface area contributed by atoms with Crippen molar-refractivity contribution in [3.8, 4) is 0 Å². The van der Waals surface area contributed by atoms with Crippen LogP contribution >= 0.6 is 0 Å². The summed E-state index contributed by atoms with van der Waals surface area (Å²) >= 11 is 0. The molecule has 1 aromatic heterocycles. The highest BCUT2D eigenvalue weighted by atomic mass is 16.5. The van der Waals surface area contributed by atoms with Gasteiger partial charge in [-0.05, 0) is 13.8 Å². The van der Waals surface area contributed by atoms with E-state index < -0.39 is 5.69 Å². The highest BCUT2D eigenvalue weighted by Gasteiger charge is 2.31. The first-order valence-corrected chi connectivity index (χ1v) is 5.22. The van der Waals surface area contributed by atoms with Gasteiger partial charge in [-0.3, -0.25) is 14.3 Å². The topological polar surface area (TPSA) is 90.1 Å². The van der Waals surface area contributed by atoms with Crippen molar-refractivity contribution in [2.75, 3.05) is 0 Å². The SMILES string of the molecule is Cc1cn(C2CC(N)C(C)O2)c(=O)[nH]c1=O. The van der Waals surface area contributed by atoms with Gasteiger partial charge in [-0.25, -0.2) is 4.79 Å². The maximum absolute atomic E-state index is 11.6. The summed E-state index contributed by atoms with van der Waals surface area (Å²) in [5.41, 5.74) is 5.47. The molecule has 0 spiro atoms. The quantitative estimate of drug-likeness (QED) is 0.673. The molecule has 3 N–H and O–H groups in total. The number of rotatable bonds is 1. The van der Waals surface area contributed by atoms with Crippen molar-refractivity contribution in [3.05, 3.63) is 32.6 Å². The Morgan fingerprint density at radius 2 is 2.25 bits per heavy atom. The van der Waals surface area contributed by atoms with Crippen LogP contribution in [0.2, 0.25) is 0 Å². The minimum absolute atomic E-state index is 0.0795. The molecule has 0 aromatic carbocycles. The second-order valence-corrected chi connectivity index (χ2v) is 4.17. The molecule has 0 radical (unpaired) electrons. The van der Waals surface area contributed by atoms with Gasteiger partial charge in [0.15, 0.2) is 0 Å². The van der Waals surface area contributed by atoms with Gasteiger partial charge >= 0.3 is 5.69 Å². The van der Waals surface area contributed by atoms with Gasteiger partial charge in [0.25, 0.3) is 5.56 Å². The molecule has 3 atom stereocenters. The van der Waals surface area contributed by atoms with Crippen LogP contribution in [0.3, 0.4) is 0 Å². The smallest absolute Gasteiger partial charge is 0.330 e. The highest BCUT2D eigenvalue weighted by Crippen LogP contribution is 2.25. The van der Waals surface area contributed by atoms with Crippen molar-refractivity contribution in [1.82, 2.24) is 9.55 Å². The molecule has 1 aliphatic heterocycles. The number of aromatic amines is 1. The Kier molecular flexibility index (Phi) is 2.69. The van der Waals surface area contributed by atoms with Crippen LogP contribution < -0.4 is 17.0 Å². The lowest BCUT2D eigenvalue weighted by Gasteiger charge is -2.13. The van der Waals surface area contributed by atoms with Crippen molar-refractivity contribution in [2.24, 2.45) is 5.73 Å². The predicted molar refractivity (Wildman–Crippen MR) is 58.2 cm³/mol. The molecule has 6 nitrogen and oxygen atoms in total. The second-order valence-electron chi connectivity index (χ2n) is 4.17. The maximum atomic E-state index is 11.6. The van der Waals surface area contributed by atoms with Gasteiger partial charge in [0, 0.05) is 24.2 Å². The van der Waals surface area contributed by atoms with E-state index >= 15 is 0 Å². The third-order valence-corrected chi connectivity index (χ3v) is 2.90. The first kappa shape index (κ1) is 11.1. The van der Waals surface area contributed by atoms with E-state index in [0.717, 1.165) is 0 Å². The van der Waals surface area contributed by atoms with Gasteiger partial charge < -0.3 is 10.5 Å². The van der Waals surface area contributed by atoms with E-state index in [4.69, 9.17) is 10.5 Å². The van der Waals surface area contributed by atoms with E-state index in [2.05, 4.69) is 4.98 Å². The Labute approximate surface area is 92.0 Å². The van der Waals surface area contributed by atoms with Gasteiger partial charge in [-0.1, -0.05) is 0 Å². The van der Waals surface area contributed by atoms with Crippen LogP contribution in [0.1, 0.15) is 25.1 Å². The fourth-order valence-corrected chi connectivity index (χ4v) is 1.81. The Hall–Kier alpha value is -1.40. The molecule has 1 fully saturated rings. The predicted octanol–water partition coefficient (Wildman–Crippen LogP) is -0.520. The zero-order chi connectivity index (χ0) is 11.9.